The Labute approximate surface area is 121 Å². The predicted octanol–water partition coefficient (Wildman–Crippen LogP) is 1.97. The fourth-order valence-corrected chi connectivity index (χ4v) is 2.41. The van der Waals surface area contributed by atoms with Crippen molar-refractivity contribution in [3.63, 3.8) is 0 Å². The van der Waals surface area contributed by atoms with Crippen LogP contribution >= 0.6 is 0 Å². The number of hydrogen-bond acceptors (Lipinski definition) is 4. The summed E-state index contributed by atoms with van der Waals surface area (Å²) in [5.74, 6) is 0. The van der Waals surface area contributed by atoms with Crippen LogP contribution in [0.1, 0.15) is 31.5 Å². The SMILES string of the molecule is CCCNC(Cc1ccc(CC)cn1)C1COCCO1. The maximum atomic E-state index is 5.84. The summed E-state index contributed by atoms with van der Waals surface area (Å²) in [5.41, 5.74) is 2.40. The molecule has 0 spiro atoms. The van der Waals surface area contributed by atoms with Crippen LogP contribution in [0.3, 0.4) is 0 Å². The van der Waals surface area contributed by atoms with Crippen LogP contribution in [0.5, 0.6) is 0 Å². The van der Waals surface area contributed by atoms with E-state index in [1.165, 1.54) is 5.56 Å². The van der Waals surface area contributed by atoms with E-state index in [9.17, 15) is 0 Å². The van der Waals surface area contributed by atoms with Crippen molar-refractivity contribution in [2.24, 2.45) is 0 Å². The van der Waals surface area contributed by atoms with E-state index in [0.717, 1.165) is 31.5 Å². The van der Waals surface area contributed by atoms with E-state index in [4.69, 9.17) is 9.47 Å². The van der Waals surface area contributed by atoms with Gasteiger partial charge in [-0.15, -0.1) is 0 Å². The normalized spacial score (nSPS) is 20.8. The average Bonchev–Trinajstić information content (AvgIpc) is 2.53. The van der Waals surface area contributed by atoms with Crippen molar-refractivity contribution in [1.82, 2.24) is 10.3 Å². The lowest BCUT2D eigenvalue weighted by Gasteiger charge is -2.31. The van der Waals surface area contributed by atoms with Crippen LogP contribution in [0, 0.1) is 0 Å². The van der Waals surface area contributed by atoms with Crippen LogP contribution in [0.15, 0.2) is 18.3 Å². The van der Waals surface area contributed by atoms with Gasteiger partial charge in [-0.05, 0) is 31.0 Å². The third kappa shape index (κ3) is 4.54. The van der Waals surface area contributed by atoms with E-state index < -0.39 is 0 Å². The zero-order chi connectivity index (χ0) is 14.2. The topological polar surface area (TPSA) is 43.4 Å². The lowest BCUT2D eigenvalue weighted by atomic mass is 10.0. The Kier molecular flexibility index (Phi) is 6.43. The molecule has 4 heteroatoms. The molecule has 2 atom stereocenters. The Morgan fingerprint density at radius 1 is 1.35 bits per heavy atom. The van der Waals surface area contributed by atoms with Crippen LogP contribution in [-0.4, -0.2) is 43.5 Å². The van der Waals surface area contributed by atoms with E-state index in [2.05, 4.69) is 36.3 Å². The van der Waals surface area contributed by atoms with Crippen LogP contribution in [-0.2, 0) is 22.3 Å². The molecule has 1 aromatic heterocycles. The van der Waals surface area contributed by atoms with Gasteiger partial charge in [-0.3, -0.25) is 4.98 Å². The number of aryl methyl sites for hydroxylation is 1. The summed E-state index contributed by atoms with van der Waals surface area (Å²) >= 11 is 0. The van der Waals surface area contributed by atoms with Crippen LogP contribution < -0.4 is 5.32 Å². The first-order valence-electron chi connectivity index (χ1n) is 7.70. The Balaban J connectivity index is 1.97. The zero-order valence-corrected chi connectivity index (χ0v) is 12.6. The summed E-state index contributed by atoms with van der Waals surface area (Å²) in [7, 11) is 0. The summed E-state index contributed by atoms with van der Waals surface area (Å²) < 4.78 is 11.4. The maximum Gasteiger partial charge on any atom is 0.0965 e. The molecule has 1 aromatic rings. The van der Waals surface area contributed by atoms with E-state index in [1.807, 2.05) is 6.20 Å². The number of rotatable bonds is 7. The van der Waals surface area contributed by atoms with Crippen LogP contribution in [0.2, 0.25) is 0 Å². The molecule has 2 unspecified atom stereocenters. The van der Waals surface area contributed by atoms with Crippen molar-refractivity contribution >= 4 is 0 Å². The lowest BCUT2D eigenvalue weighted by Crippen LogP contribution is -2.48. The Hall–Kier alpha value is -0.970. The number of ether oxygens (including phenoxy) is 2. The lowest BCUT2D eigenvalue weighted by molar-refractivity contribution is -0.101. The second-order valence-corrected chi connectivity index (χ2v) is 5.26. The summed E-state index contributed by atoms with van der Waals surface area (Å²) in [6.45, 7) is 7.40. The van der Waals surface area contributed by atoms with Gasteiger partial charge in [-0.2, -0.15) is 0 Å². The molecule has 4 nitrogen and oxygen atoms in total. The van der Waals surface area contributed by atoms with Gasteiger partial charge in [0.25, 0.3) is 0 Å². The highest BCUT2D eigenvalue weighted by atomic mass is 16.6. The second-order valence-electron chi connectivity index (χ2n) is 5.26. The molecule has 0 bridgehead atoms. The van der Waals surface area contributed by atoms with Gasteiger partial charge in [0.15, 0.2) is 0 Å². The van der Waals surface area contributed by atoms with Crippen LogP contribution in [0.4, 0.5) is 0 Å². The number of nitrogens with zero attached hydrogens (tertiary/aromatic N) is 1. The number of pyridine rings is 1. The minimum Gasteiger partial charge on any atom is -0.376 e. The molecule has 0 radical (unpaired) electrons. The Morgan fingerprint density at radius 2 is 2.25 bits per heavy atom. The van der Waals surface area contributed by atoms with E-state index >= 15 is 0 Å². The molecule has 0 saturated carbocycles. The minimum atomic E-state index is 0.128. The highest BCUT2D eigenvalue weighted by Crippen LogP contribution is 2.11. The highest BCUT2D eigenvalue weighted by molar-refractivity contribution is 5.15. The van der Waals surface area contributed by atoms with Gasteiger partial charge in [0.1, 0.15) is 0 Å². The fourth-order valence-electron chi connectivity index (χ4n) is 2.41. The third-order valence-corrected chi connectivity index (χ3v) is 3.67. The Morgan fingerprint density at radius 3 is 2.85 bits per heavy atom. The zero-order valence-electron chi connectivity index (χ0n) is 12.6. The van der Waals surface area contributed by atoms with Crippen molar-refractivity contribution in [3.05, 3.63) is 29.6 Å². The summed E-state index contributed by atoms with van der Waals surface area (Å²) in [6, 6.07) is 4.57. The average molecular weight is 278 g/mol. The molecule has 1 saturated heterocycles. The first-order chi connectivity index (χ1) is 9.83. The van der Waals surface area contributed by atoms with E-state index in [-0.39, 0.29) is 12.1 Å². The van der Waals surface area contributed by atoms with Gasteiger partial charge in [0.05, 0.1) is 25.9 Å². The van der Waals surface area contributed by atoms with E-state index in [0.29, 0.717) is 19.8 Å². The van der Waals surface area contributed by atoms with Gasteiger partial charge >= 0.3 is 0 Å². The largest absolute Gasteiger partial charge is 0.376 e. The minimum absolute atomic E-state index is 0.128. The van der Waals surface area contributed by atoms with E-state index in [1.54, 1.807) is 0 Å². The van der Waals surface area contributed by atoms with Crippen molar-refractivity contribution in [2.75, 3.05) is 26.4 Å². The van der Waals surface area contributed by atoms with Gasteiger partial charge < -0.3 is 14.8 Å². The summed E-state index contributed by atoms with van der Waals surface area (Å²) in [4.78, 5) is 4.56. The standard InChI is InChI=1S/C16H26N2O2/c1-3-7-17-15(16-12-19-8-9-20-16)10-14-6-5-13(4-2)11-18-14/h5-6,11,15-17H,3-4,7-10,12H2,1-2H3. The first kappa shape index (κ1) is 15.4. The maximum absolute atomic E-state index is 5.84. The van der Waals surface area contributed by atoms with Gasteiger partial charge in [-0.25, -0.2) is 0 Å². The predicted molar refractivity (Wildman–Crippen MR) is 80.0 cm³/mol. The molecule has 2 rings (SSSR count). The van der Waals surface area contributed by atoms with Gasteiger partial charge in [-0.1, -0.05) is 19.9 Å². The second kappa shape index (κ2) is 8.35. The van der Waals surface area contributed by atoms with Gasteiger partial charge in [0.2, 0.25) is 0 Å². The molecule has 0 aromatic carbocycles. The third-order valence-electron chi connectivity index (χ3n) is 3.67. The van der Waals surface area contributed by atoms with Crippen molar-refractivity contribution in [1.29, 1.82) is 0 Å². The molecule has 20 heavy (non-hydrogen) atoms. The monoisotopic (exact) mass is 278 g/mol. The molecule has 0 amide bonds. The molecule has 2 heterocycles. The molecule has 1 aliphatic heterocycles. The molecule has 1 aliphatic rings. The number of aromatic nitrogens is 1. The Bertz CT molecular complexity index is 375. The van der Waals surface area contributed by atoms with Crippen molar-refractivity contribution in [2.45, 2.75) is 45.3 Å². The number of nitrogens with one attached hydrogen (secondary N) is 1. The highest BCUT2D eigenvalue weighted by Gasteiger charge is 2.25. The quantitative estimate of drug-likeness (QED) is 0.828. The first-order valence-corrected chi connectivity index (χ1v) is 7.70. The smallest absolute Gasteiger partial charge is 0.0965 e. The fraction of sp³-hybridized carbons (Fsp3) is 0.688. The molecular weight excluding hydrogens is 252 g/mol. The molecule has 112 valence electrons. The molecule has 1 N–H and O–H groups in total. The van der Waals surface area contributed by atoms with Crippen molar-refractivity contribution in [3.8, 4) is 0 Å². The molecule has 1 fully saturated rings. The van der Waals surface area contributed by atoms with Gasteiger partial charge in [0, 0.05) is 24.4 Å². The molecule has 0 aliphatic carbocycles. The summed E-state index contributed by atoms with van der Waals surface area (Å²) in [6.07, 6.45) is 5.14. The summed E-state index contributed by atoms with van der Waals surface area (Å²) in [5, 5.41) is 3.57. The van der Waals surface area contributed by atoms with Crippen LogP contribution in [0.25, 0.3) is 0 Å². The number of hydrogen-bond donors (Lipinski definition) is 1. The molecular formula is C16H26N2O2. The van der Waals surface area contributed by atoms with Crippen molar-refractivity contribution < 1.29 is 9.47 Å².